The van der Waals surface area contributed by atoms with Crippen molar-refractivity contribution in [2.45, 2.75) is 6.29 Å². The second kappa shape index (κ2) is 4.99. The van der Waals surface area contributed by atoms with Crippen LogP contribution in [0.5, 0.6) is 17.4 Å². The molecule has 0 radical (unpaired) electrons. The highest BCUT2D eigenvalue weighted by molar-refractivity contribution is 9.10. The number of nitrogens with one attached hydrogen (secondary N) is 1. The van der Waals surface area contributed by atoms with Gasteiger partial charge in [-0.1, -0.05) is 0 Å². The Morgan fingerprint density at radius 3 is 2.81 bits per heavy atom. The van der Waals surface area contributed by atoms with E-state index in [1.807, 2.05) is 0 Å². The van der Waals surface area contributed by atoms with Crippen molar-refractivity contribution in [1.29, 1.82) is 0 Å². The van der Waals surface area contributed by atoms with E-state index in [1.54, 1.807) is 6.07 Å². The van der Waals surface area contributed by atoms with E-state index in [2.05, 4.69) is 40.7 Å². The zero-order valence-corrected chi connectivity index (χ0v) is 12.1. The molecule has 0 fully saturated rings. The molecule has 1 aromatic carbocycles. The molecule has 1 aromatic heterocycles. The van der Waals surface area contributed by atoms with Crippen molar-refractivity contribution in [3.63, 3.8) is 0 Å². The number of alkyl halides is 2. The fraction of sp³-hybridized carbons (Fsp3) is 0.167. The Balaban J connectivity index is 1.84. The highest BCUT2D eigenvalue weighted by Gasteiger charge is 2.43. The molecule has 0 bridgehead atoms. The van der Waals surface area contributed by atoms with Crippen molar-refractivity contribution in [2.75, 3.05) is 12.4 Å². The predicted molar refractivity (Wildman–Crippen MR) is 72.2 cm³/mol. The zero-order chi connectivity index (χ0) is 15.0. The fourth-order valence-corrected chi connectivity index (χ4v) is 2.06. The van der Waals surface area contributed by atoms with Crippen LogP contribution in [0.2, 0.25) is 0 Å². The molecule has 0 saturated carbocycles. The second-order valence-electron chi connectivity index (χ2n) is 4.00. The van der Waals surface area contributed by atoms with E-state index >= 15 is 0 Å². The molecule has 2 aromatic rings. The van der Waals surface area contributed by atoms with Gasteiger partial charge in [0.05, 0.1) is 17.8 Å². The highest BCUT2D eigenvalue weighted by atomic mass is 79.9. The van der Waals surface area contributed by atoms with Gasteiger partial charge in [0, 0.05) is 11.8 Å². The molecule has 0 spiro atoms. The van der Waals surface area contributed by atoms with Crippen molar-refractivity contribution in [2.24, 2.45) is 0 Å². The average molecular weight is 360 g/mol. The van der Waals surface area contributed by atoms with Crippen LogP contribution in [0.25, 0.3) is 0 Å². The van der Waals surface area contributed by atoms with E-state index in [9.17, 15) is 8.78 Å². The van der Waals surface area contributed by atoms with Gasteiger partial charge in [0.1, 0.15) is 0 Å². The Bertz CT molecular complexity index is 699. The number of halogens is 3. The van der Waals surface area contributed by atoms with Gasteiger partial charge in [-0.25, -0.2) is 4.98 Å². The summed E-state index contributed by atoms with van der Waals surface area (Å²) in [5.41, 5.74) is 0.472. The van der Waals surface area contributed by atoms with Crippen molar-refractivity contribution in [3.05, 3.63) is 28.9 Å². The fourth-order valence-electron chi connectivity index (χ4n) is 1.71. The lowest BCUT2D eigenvalue weighted by Gasteiger charge is -2.07. The van der Waals surface area contributed by atoms with Crippen LogP contribution < -0.4 is 19.5 Å². The molecule has 110 valence electrons. The normalized spacial score (nSPS) is 14.9. The summed E-state index contributed by atoms with van der Waals surface area (Å²) in [6.45, 7) is 0. The van der Waals surface area contributed by atoms with Crippen molar-refractivity contribution < 1.29 is 23.0 Å². The topological polar surface area (TPSA) is 65.5 Å². The van der Waals surface area contributed by atoms with Crippen LogP contribution in [0.3, 0.4) is 0 Å². The van der Waals surface area contributed by atoms with Crippen LogP contribution >= 0.6 is 15.9 Å². The van der Waals surface area contributed by atoms with Gasteiger partial charge in [-0.15, -0.1) is 8.78 Å². The first kappa shape index (κ1) is 13.8. The number of ether oxygens (including phenoxy) is 3. The van der Waals surface area contributed by atoms with E-state index in [1.165, 1.54) is 25.4 Å². The van der Waals surface area contributed by atoms with Gasteiger partial charge in [-0.2, -0.15) is 4.98 Å². The third-order valence-corrected chi connectivity index (χ3v) is 3.11. The molecule has 1 aliphatic heterocycles. The van der Waals surface area contributed by atoms with E-state index in [-0.39, 0.29) is 17.4 Å². The van der Waals surface area contributed by atoms with Crippen LogP contribution in [0.4, 0.5) is 20.4 Å². The lowest BCUT2D eigenvalue weighted by Crippen LogP contribution is -2.25. The summed E-state index contributed by atoms with van der Waals surface area (Å²) in [4.78, 5) is 8.13. The summed E-state index contributed by atoms with van der Waals surface area (Å²) in [5, 5.41) is 2.86. The van der Waals surface area contributed by atoms with Crippen LogP contribution in [0.15, 0.2) is 28.9 Å². The first-order valence-electron chi connectivity index (χ1n) is 5.70. The molecular formula is C12H8BrF2N3O3. The van der Waals surface area contributed by atoms with Gasteiger partial charge in [0.15, 0.2) is 11.5 Å². The SMILES string of the molecule is COc1nc(Nc2ccc3c(c2)OC(F)(F)O3)ncc1Br. The Labute approximate surface area is 126 Å². The maximum atomic E-state index is 12.9. The van der Waals surface area contributed by atoms with Gasteiger partial charge in [-0.05, 0) is 28.1 Å². The molecule has 3 rings (SSSR count). The zero-order valence-electron chi connectivity index (χ0n) is 10.6. The summed E-state index contributed by atoms with van der Waals surface area (Å²) in [7, 11) is 1.47. The monoisotopic (exact) mass is 359 g/mol. The molecule has 21 heavy (non-hydrogen) atoms. The number of aromatic nitrogens is 2. The minimum absolute atomic E-state index is 0.0279. The number of hydrogen-bond donors (Lipinski definition) is 1. The molecule has 0 unspecified atom stereocenters. The number of nitrogens with zero attached hydrogens (tertiary/aromatic N) is 2. The highest BCUT2D eigenvalue weighted by Crippen LogP contribution is 2.42. The van der Waals surface area contributed by atoms with E-state index in [0.717, 1.165) is 0 Å². The minimum Gasteiger partial charge on any atom is -0.480 e. The lowest BCUT2D eigenvalue weighted by molar-refractivity contribution is -0.286. The van der Waals surface area contributed by atoms with Crippen LogP contribution in [0.1, 0.15) is 0 Å². The first-order valence-corrected chi connectivity index (χ1v) is 6.49. The minimum atomic E-state index is -3.64. The number of rotatable bonds is 3. The standard InChI is InChI=1S/C12H8BrF2N3O3/c1-19-10-7(13)5-16-11(18-10)17-6-2-3-8-9(4-6)21-12(14,15)20-8/h2-5H,1H3,(H,16,17,18). The van der Waals surface area contributed by atoms with Crippen molar-refractivity contribution in [1.82, 2.24) is 9.97 Å². The molecule has 6 nitrogen and oxygen atoms in total. The molecule has 2 heterocycles. The third-order valence-electron chi connectivity index (χ3n) is 2.56. The van der Waals surface area contributed by atoms with E-state index in [0.29, 0.717) is 16.0 Å². The third kappa shape index (κ3) is 2.82. The molecule has 1 aliphatic rings. The maximum Gasteiger partial charge on any atom is 0.586 e. The quantitative estimate of drug-likeness (QED) is 0.906. The summed E-state index contributed by atoms with van der Waals surface area (Å²) in [5.74, 6) is 0.509. The molecule has 0 aliphatic carbocycles. The van der Waals surface area contributed by atoms with E-state index in [4.69, 9.17) is 4.74 Å². The summed E-state index contributed by atoms with van der Waals surface area (Å²) >= 11 is 3.23. The molecule has 0 atom stereocenters. The smallest absolute Gasteiger partial charge is 0.480 e. The van der Waals surface area contributed by atoms with Gasteiger partial charge in [0.2, 0.25) is 11.8 Å². The average Bonchev–Trinajstić information content (AvgIpc) is 2.74. The molecule has 9 heteroatoms. The summed E-state index contributed by atoms with van der Waals surface area (Å²) in [6.07, 6.45) is -2.13. The number of fused-ring (bicyclic) bond motifs is 1. The van der Waals surface area contributed by atoms with Crippen LogP contribution in [-0.4, -0.2) is 23.4 Å². The lowest BCUT2D eigenvalue weighted by atomic mass is 10.3. The van der Waals surface area contributed by atoms with Crippen LogP contribution in [0, 0.1) is 0 Å². The van der Waals surface area contributed by atoms with E-state index < -0.39 is 6.29 Å². The van der Waals surface area contributed by atoms with Crippen molar-refractivity contribution in [3.8, 4) is 17.4 Å². The Morgan fingerprint density at radius 1 is 1.29 bits per heavy atom. The Morgan fingerprint density at radius 2 is 2.05 bits per heavy atom. The second-order valence-corrected chi connectivity index (χ2v) is 4.86. The number of hydrogen-bond acceptors (Lipinski definition) is 6. The van der Waals surface area contributed by atoms with Gasteiger partial charge in [0.25, 0.3) is 0 Å². The van der Waals surface area contributed by atoms with Crippen LogP contribution in [-0.2, 0) is 0 Å². The molecule has 0 amide bonds. The Hall–Kier alpha value is -2.16. The predicted octanol–water partition coefficient (Wildman–Crippen LogP) is 3.31. The van der Waals surface area contributed by atoms with Gasteiger partial charge < -0.3 is 19.5 Å². The maximum absolute atomic E-state index is 12.9. The molecule has 0 saturated heterocycles. The summed E-state index contributed by atoms with van der Waals surface area (Å²) < 4.78 is 40.2. The van der Waals surface area contributed by atoms with Gasteiger partial charge in [-0.3, -0.25) is 0 Å². The summed E-state index contributed by atoms with van der Waals surface area (Å²) in [6, 6.07) is 4.28. The number of benzene rings is 1. The number of anilines is 2. The Kier molecular flexibility index (Phi) is 3.28. The number of methoxy groups -OCH3 is 1. The van der Waals surface area contributed by atoms with Gasteiger partial charge >= 0.3 is 6.29 Å². The van der Waals surface area contributed by atoms with Crippen molar-refractivity contribution >= 4 is 27.6 Å². The molecule has 1 N–H and O–H groups in total. The molecular weight excluding hydrogens is 352 g/mol. The largest absolute Gasteiger partial charge is 0.586 e. The first-order chi connectivity index (χ1) is 9.97.